The normalized spacial score (nSPS) is 12.0. The number of carbonyl (C=O) groups is 2. The summed E-state index contributed by atoms with van der Waals surface area (Å²) >= 11 is 0.227. The molecule has 0 saturated heterocycles. The molecule has 3 rings (SSSR count). The highest BCUT2D eigenvalue weighted by Gasteiger charge is 2.28. The highest BCUT2D eigenvalue weighted by atomic mass is 32.2. The van der Waals surface area contributed by atoms with Gasteiger partial charge in [0.15, 0.2) is 5.76 Å². The van der Waals surface area contributed by atoms with Gasteiger partial charge in [-0.2, -0.15) is 0 Å². The Morgan fingerprint density at radius 3 is 2.48 bits per heavy atom. The van der Waals surface area contributed by atoms with Crippen LogP contribution in [-0.4, -0.2) is 30.9 Å². The molecule has 0 bridgehead atoms. The van der Waals surface area contributed by atoms with Crippen molar-refractivity contribution < 1.29 is 36.3 Å². The highest BCUT2D eigenvalue weighted by Crippen LogP contribution is 2.36. The average molecular weight is 481 g/mol. The number of esters is 1. The molecule has 0 N–H and O–H groups in total. The van der Waals surface area contributed by atoms with E-state index in [9.17, 15) is 22.8 Å². The molecule has 0 radical (unpaired) electrons. The summed E-state index contributed by atoms with van der Waals surface area (Å²) in [4.78, 5) is 26.4. The van der Waals surface area contributed by atoms with Gasteiger partial charge in [-0.05, 0) is 48.4 Å². The Morgan fingerprint density at radius 2 is 1.85 bits per heavy atom. The zero-order valence-electron chi connectivity index (χ0n) is 17.6. The van der Waals surface area contributed by atoms with Crippen molar-refractivity contribution in [1.82, 2.24) is 0 Å². The molecule has 1 atom stereocenters. The number of anilines is 1. The van der Waals surface area contributed by atoms with E-state index in [0.29, 0.717) is 5.56 Å². The molecule has 0 saturated carbocycles. The van der Waals surface area contributed by atoms with E-state index >= 15 is 4.39 Å². The van der Waals surface area contributed by atoms with Crippen LogP contribution in [0.3, 0.4) is 0 Å². The minimum atomic E-state index is -3.24. The first-order valence-corrected chi connectivity index (χ1v) is 10.5. The van der Waals surface area contributed by atoms with E-state index in [2.05, 4.69) is 0 Å². The van der Waals surface area contributed by atoms with Crippen LogP contribution in [0.4, 0.5) is 23.2 Å². The predicted molar refractivity (Wildman–Crippen MR) is 115 cm³/mol. The fraction of sp³-hybridized carbons (Fsp3) is 0.217. The summed E-state index contributed by atoms with van der Waals surface area (Å²) in [6.45, 7) is 1.17. The molecule has 10 heteroatoms. The molecule has 0 spiro atoms. The van der Waals surface area contributed by atoms with Crippen molar-refractivity contribution in [1.29, 1.82) is 0 Å². The quantitative estimate of drug-likeness (QED) is 0.224. The van der Waals surface area contributed by atoms with Gasteiger partial charge in [0.2, 0.25) is 5.50 Å². The Balaban J connectivity index is 2.10. The van der Waals surface area contributed by atoms with Crippen molar-refractivity contribution in [3.63, 3.8) is 0 Å². The molecule has 2 aromatic carbocycles. The van der Waals surface area contributed by atoms with E-state index < -0.39 is 29.6 Å². The van der Waals surface area contributed by atoms with Gasteiger partial charge in [0.05, 0.1) is 31.2 Å². The van der Waals surface area contributed by atoms with Crippen molar-refractivity contribution in [2.24, 2.45) is 0 Å². The molecule has 5 nitrogen and oxygen atoms in total. The van der Waals surface area contributed by atoms with E-state index in [0.717, 1.165) is 17.0 Å². The smallest absolute Gasteiger partial charge is 0.338 e. The topological polar surface area (TPSA) is 59.8 Å². The summed E-state index contributed by atoms with van der Waals surface area (Å²) in [5.74, 6) is -2.35. The van der Waals surface area contributed by atoms with Gasteiger partial charge in [-0.15, -0.1) is 0 Å². The number of carbonyl (C=O) groups excluding carboxylic acids is 2. The average Bonchev–Trinajstić information content (AvgIpc) is 3.33. The van der Waals surface area contributed by atoms with E-state index in [4.69, 9.17) is 9.15 Å². The molecule has 0 fully saturated rings. The zero-order chi connectivity index (χ0) is 24.1. The summed E-state index contributed by atoms with van der Waals surface area (Å²) < 4.78 is 64.2. The Labute approximate surface area is 191 Å². The van der Waals surface area contributed by atoms with E-state index in [1.165, 1.54) is 38.5 Å². The molecule has 1 amide bonds. The van der Waals surface area contributed by atoms with Crippen molar-refractivity contribution in [3.05, 3.63) is 83.1 Å². The lowest BCUT2D eigenvalue weighted by Gasteiger charge is -2.25. The Bertz CT molecular complexity index is 1140. The standard InChI is InChI=1S/C23H19F4NO4S/c1-13-10-16(24)17(11-19(13)33-21(27)20(25)26)28(22(29)18-8-5-9-32-18)12-14-6-3-4-7-15(14)23(30)31-2/h3-11,20-21H,12H2,1-2H3. The van der Waals surface area contributed by atoms with E-state index in [1.807, 2.05) is 0 Å². The zero-order valence-corrected chi connectivity index (χ0v) is 18.4. The SMILES string of the molecule is COC(=O)c1ccccc1CN(C(=O)c1ccco1)c1cc(SC(F)C(F)F)c(C)cc1F. The van der Waals surface area contributed by atoms with Crippen molar-refractivity contribution in [2.45, 2.75) is 30.3 Å². The number of benzene rings is 2. The van der Waals surface area contributed by atoms with Crippen LogP contribution in [0.15, 0.2) is 64.1 Å². The Hall–Kier alpha value is -3.27. The van der Waals surface area contributed by atoms with Crippen molar-refractivity contribution in [2.75, 3.05) is 12.0 Å². The van der Waals surface area contributed by atoms with E-state index in [-0.39, 0.29) is 45.8 Å². The van der Waals surface area contributed by atoms with Crippen molar-refractivity contribution in [3.8, 4) is 0 Å². The van der Waals surface area contributed by atoms with Crippen LogP contribution in [0, 0.1) is 12.7 Å². The second kappa shape index (κ2) is 10.6. The number of furan rings is 1. The van der Waals surface area contributed by atoms with Gasteiger partial charge in [-0.1, -0.05) is 30.0 Å². The number of amides is 1. The summed E-state index contributed by atoms with van der Waals surface area (Å²) in [5, 5.41) is 0. The first-order valence-electron chi connectivity index (χ1n) is 9.63. The van der Waals surface area contributed by atoms with Gasteiger partial charge in [-0.3, -0.25) is 9.69 Å². The molecule has 174 valence electrons. The lowest BCUT2D eigenvalue weighted by molar-refractivity contribution is 0.0599. The van der Waals surface area contributed by atoms with Crippen LogP contribution in [0.1, 0.15) is 32.0 Å². The summed E-state index contributed by atoms with van der Waals surface area (Å²) in [6, 6.07) is 11.3. The van der Waals surface area contributed by atoms with Crippen LogP contribution in [-0.2, 0) is 11.3 Å². The van der Waals surface area contributed by atoms with Gasteiger partial charge in [-0.25, -0.2) is 22.4 Å². The van der Waals surface area contributed by atoms with Gasteiger partial charge < -0.3 is 9.15 Å². The molecular formula is C23H19F4NO4S. The maximum Gasteiger partial charge on any atom is 0.338 e. The Morgan fingerprint density at radius 1 is 1.12 bits per heavy atom. The minimum Gasteiger partial charge on any atom is -0.465 e. The van der Waals surface area contributed by atoms with Crippen LogP contribution in [0.5, 0.6) is 0 Å². The lowest BCUT2D eigenvalue weighted by Crippen LogP contribution is -2.32. The second-order valence-electron chi connectivity index (χ2n) is 6.89. The molecule has 3 aromatic rings. The highest BCUT2D eigenvalue weighted by molar-refractivity contribution is 7.99. The second-order valence-corrected chi connectivity index (χ2v) is 8.02. The fourth-order valence-corrected chi connectivity index (χ4v) is 3.86. The number of hydrogen-bond acceptors (Lipinski definition) is 5. The number of rotatable bonds is 8. The fourth-order valence-electron chi connectivity index (χ4n) is 3.09. The first-order chi connectivity index (χ1) is 15.7. The van der Waals surface area contributed by atoms with E-state index in [1.54, 1.807) is 18.2 Å². The lowest BCUT2D eigenvalue weighted by atomic mass is 10.1. The number of methoxy groups -OCH3 is 1. The number of thioether (sulfide) groups is 1. The maximum absolute atomic E-state index is 15.0. The molecule has 1 aromatic heterocycles. The van der Waals surface area contributed by atoms with Crippen LogP contribution >= 0.6 is 11.8 Å². The van der Waals surface area contributed by atoms with Gasteiger partial charge in [0, 0.05) is 4.90 Å². The molecule has 0 aliphatic heterocycles. The van der Waals surface area contributed by atoms with Crippen LogP contribution < -0.4 is 4.90 Å². The minimum absolute atomic E-state index is 0.0395. The molecule has 33 heavy (non-hydrogen) atoms. The number of aryl methyl sites for hydroxylation is 1. The molecule has 0 aliphatic carbocycles. The summed E-state index contributed by atoms with van der Waals surface area (Å²) in [6.07, 6.45) is -1.98. The van der Waals surface area contributed by atoms with Gasteiger partial charge in [0.1, 0.15) is 5.82 Å². The number of halogens is 4. The van der Waals surface area contributed by atoms with Crippen LogP contribution in [0.2, 0.25) is 0 Å². The number of ether oxygens (including phenoxy) is 1. The number of alkyl halides is 3. The van der Waals surface area contributed by atoms with Gasteiger partial charge >= 0.3 is 5.97 Å². The predicted octanol–water partition coefficient (Wildman–Crippen LogP) is 6.01. The first kappa shape index (κ1) is 24.4. The van der Waals surface area contributed by atoms with Crippen molar-refractivity contribution >= 4 is 29.3 Å². The summed E-state index contributed by atoms with van der Waals surface area (Å²) in [7, 11) is 1.20. The largest absolute Gasteiger partial charge is 0.465 e. The van der Waals surface area contributed by atoms with Crippen LogP contribution in [0.25, 0.3) is 0 Å². The third-order valence-corrected chi connectivity index (χ3v) is 5.83. The molecular weight excluding hydrogens is 462 g/mol. The third-order valence-electron chi connectivity index (χ3n) is 4.70. The summed E-state index contributed by atoms with van der Waals surface area (Å²) in [5.41, 5.74) is -2.10. The maximum atomic E-state index is 15.0. The molecule has 1 unspecified atom stereocenters. The Kier molecular flexibility index (Phi) is 7.80. The number of hydrogen-bond donors (Lipinski definition) is 0. The molecule has 1 heterocycles. The van der Waals surface area contributed by atoms with Gasteiger partial charge in [0.25, 0.3) is 12.3 Å². The monoisotopic (exact) mass is 481 g/mol. The molecule has 0 aliphatic rings. The third kappa shape index (κ3) is 5.57. The number of nitrogens with zero attached hydrogens (tertiary/aromatic N) is 1.